The molecule has 0 bridgehead atoms. The number of carbonyl (C=O) groups excluding carboxylic acids is 1. The summed E-state index contributed by atoms with van der Waals surface area (Å²) in [5, 5.41) is 3.37. The van der Waals surface area contributed by atoms with Crippen molar-refractivity contribution in [3.63, 3.8) is 0 Å². The van der Waals surface area contributed by atoms with Gasteiger partial charge < -0.3 is 9.73 Å². The minimum absolute atomic E-state index is 0.0881. The quantitative estimate of drug-likeness (QED) is 0.817. The van der Waals surface area contributed by atoms with Crippen molar-refractivity contribution in [2.45, 2.75) is 26.3 Å². The van der Waals surface area contributed by atoms with E-state index in [0.717, 1.165) is 23.4 Å². The first kappa shape index (κ1) is 12.4. The first-order valence-electron chi connectivity index (χ1n) is 6.05. The number of nitrogens with one attached hydrogen (secondary N) is 1. The lowest BCUT2D eigenvalue weighted by Crippen LogP contribution is -2.17. The van der Waals surface area contributed by atoms with Crippen molar-refractivity contribution in [1.82, 2.24) is 0 Å². The van der Waals surface area contributed by atoms with E-state index >= 15 is 0 Å². The molecule has 0 aliphatic carbocycles. The summed E-state index contributed by atoms with van der Waals surface area (Å²) >= 11 is 0. The number of rotatable bonds is 5. The molecule has 94 valence electrons. The van der Waals surface area contributed by atoms with Crippen LogP contribution >= 0.6 is 0 Å². The Kier molecular flexibility index (Phi) is 3.82. The van der Waals surface area contributed by atoms with Gasteiger partial charge in [-0.25, -0.2) is 0 Å². The maximum absolute atomic E-state index is 11.2. The Morgan fingerprint density at radius 3 is 2.56 bits per heavy atom. The second-order valence-corrected chi connectivity index (χ2v) is 4.46. The van der Waals surface area contributed by atoms with E-state index in [1.165, 1.54) is 0 Å². The van der Waals surface area contributed by atoms with E-state index in [4.69, 9.17) is 4.42 Å². The maximum atomic E-state index is 11.2. The molecule has 3 heteroatoms. The Morgan fingerprint density at radius 1 is 1.28 bits per heavy atom. The Labute approximate surface area is 107 Å². The number of anilines is 1. The molecule has 1 aromatic carbocycles. The highest BCUT2D eigenvalue weighted by atomic mass is 16.3. The van der Waals surface area contributed by atoms with E-state index in [1.54, 1.807) is 13.2 Å². The number of hydrogen-bond acceptors (Lipinski definition) is 3. The van der Waals surface area contributed by atoms with E-state index in [9.17, 15) is 4.79 Å². The third kappa shape index (κ3) is 3.23. The summed E-state index contributed by atoms with van der Waals surface area (Å²) in [5.74, 6) is 1.06. The third-order valence-electron chi connectivity index (χ3n) is 2.79. The van der Waals surface area contributed by atoms with Gasteiger partial charge in [-0.3, -0.25) is 4.79 Å². The lowest BCUT2D eigenvalue weighted by molar-refractivity contribution is 0.101. The Morgan fingerprint density at radius 2 is 2.00 bits per heavy atom. The van der Waals surface area contributed by atoms with Crippen LogP contribution in [0.15, 0.2) is 47.1 Å². The molecule has 1 unspecified atom stereocenters. The van der Waals surface area contributed by atoms with Crippen LogP contribution in [-0.4, -0.2) is 11.8 Å². The summed E-state index contributed by atoms with van der Waals surface area (Å²) in [6.45, 7) is 3.67. The van der Waals surface area contributed by atoms with Gasteiger partial charge in [0.05, 0.1) is 6.26 Å². The molecule has 1 aromatic heterocycles. The van der Waals surface area contributed by atoms with Gasteiger partial charge in [-0.1, -0.05) is 0 Å². The van der Waals surface area contributed by atoms with Gasteiger partial charge in [0, 0.05) is 23.7 Å². The highest BCUT2D eigenvalue weighted by Crippen LogP contribution is 2.13. The zero-order valence-electron chi connectivity index (χ0n) is 10.6. The van der Waals surface area contributed by atoms with Gasteiger partial charge in [-0.05, 0) is 50.2 Å². The average Bonchev–Trinajstić information content (AvgIpc) is 2.82. The second kappa shape index (κ2) is 5.54. The Bertz CT molecular complexity index is 500. The van der Waals surface area contributed by atoms with Crippen LogP contribution in [-0.2, 0) is 6.42 Å². The maximum Gasteiger partial charge on any atom is 0.159 e. The molecule has 1 N–H and O–H groups in total. The van der Waals surface area contributed by atoms with Crippen molar-refractivity contribution in [3.05, 3.63) is 54.0 Å². The molecule has 0 saturated carbocycles. The second-order valence-electron chi connectivity index (χ2n) is 4.46. The predicted molar refractivity (Wildman–Crippen MR) is 71.9 cm³/mol. The van der Waals surface area contributed by atoms with Crippen LogP contribution in [0.4, 0.5) is 5.69 Å². The summed E-state index contributed by atoms with van der Waals surface area (Å²) in [6.07, 6.45) is 2.52. The molecular weight excluding hydrogens is 226 g/mol. The van der Waals surface area contributed by atoms with Gasteiger partial charge in [0.25, 0.3) is 0 Å². The predicted octanol–water partition coefficient (Wildman–Crippen LogP) is 3.53. The van der Waals surface area contributed by atoms with E-state index in [0.29, 0.717) is 0 Å². The van der Waals surface area contributed by atoms with E-state index < -0.39 is 0 Å². The monoisotopic (exact) mass is 243 g/mol. The minimum Gasteiger partial charge on any atom is -0.469 e. The van der Waals surface area contributed by atoms with Crippen LogP contribution < -0.4 is 5.32 Å². The van der Waals surface area contributed by atoms with Gasteiger partial charge in [-0.2, -0.15) is 0 Å². The van der Waals surface area contributed by atoms with Crippen LogP contribution in [0.2, 0.25) is 0 Å². The average molecular weight is 243 g/mol. The molecule has 0 aliphatic rings. The number of hydrogen-bond donors (Lipinski definition) is 1. The highest BCUT2D eigenvalue weighted by Gasteiger charge is 2.06. The molecule has 0 saturated heterocycles. The first-order chi connectivity index (χ1) is 8.65. The molecule has 1 heterocycles. The first-order valence-corrected chi connectivity index (χ1v) is 6.05. The molecule has 0 aliphatic heterocycles. The fourth-order valence-electron chi connectivity index (χ4n) is 1.87. The molecule has 2 rings (SSSR count). The Balaban J connectivity index is 1.94. The number of Topliss-reactive ketones (excluding diaryl/α,β-unsaturated/α-hetero) is 1. The van der Waals surface area contributed by atoms with Crippen LogP contribution in [0.5, 0.6) is 0 Å². The smallest absolute Gasteiger partial charge is 0.159 e. The van der Waals surface area contributed by atoms with Crippen molar-refractivity contribution in [3.8, 4) is 0 Å². The number of ketones is 1. The molecule has 18 heavy (non-hydrogen) atoms. The largest absolute Gasteiger partial charge is 0.469 e. The van der Waals surface area contributed by atoms with E-state index in [-0.39, 0.29) is 11.8 Å². The summed E-state index contributed by atoms with van der Waals surface area (Å²) in [4.78, 5) is 11.2. The van der Waals surface area contributed by atoms with Gasteiger partial charge in [-0.15, -0.1) is 0 Å². The van der Waals surface area contributed by atoms with Crippen molar-refractivity contribution in [2.24, 2.45) is 0 Å². The normalized spacial score (nSPS) is 12.1. The molecule has 0 spiro atoms. The summed E-state index contributed by atoms with van der Waals surface area (Å²) in [7, 11) is 0. The number of benzene rings is 1. The molecule has 0 amide bonds. The molecule has 0 fully saturated rings. The van der Waals surface area contributed by atoms with E-state index in [1.807, 2.05) is 36.4 Å². The highest BCUT2D eigenvalue weighted by molar-refractivity contribution is 5.94. The zero-order chi connectivity index (χ0) is 13.0. The third-order valence-corrected chi connectivity index (χ3v) is 2.79. The summed E-state index contributed by atoms with van der Waals surface area (Å²) in [6, 6.07) is 11.7. The van der Waals surface area contributed by atoms with Gasteiger partial charge in [0.15, 0.2) is 5.78 Å². The van der Waals surface area contributed by atoms with Crippen molar-refractivity contribution in [1.29, 1.82) is 0 Å². The van der Waals surface area contributed by atoms with Gasteiger partial charge in [0.1, 0.15) is 5.76 Å². The molecular formula is C15H17NO2. The fourth-order valence-corrected chi connectivity index (χ4v) is 1.87. The Hall–Kier alpha value is -2.03. The molecule has 3 nitrogen and oxygen atoms in total. The lowest BCUT2D eigenvalue weighted by atomic mass is 10.1. The lowest BCUT2D eigenvalue weighted by Gasteiger charge is -2.14. The van der Waals surface area contributed by atoms with Crippen LogP contribution in [0.1, 0.15) is 30.0 Å². The van der Waals surface area contributed by atoms with Crippen molar-refractivity contribution >= 4 is 11.5 Å². The zero-order valence-corrected chi connectivity index (χ0v) is 10.6. The topological polar surface area (TPSA) is 42.2 Å². The SMILES string of the molecule is CC(=O)c1ccc(NC(C)Cc2ccco2)cc1. The standard InChI is InChI=1S/C15H17NO2/c1-11(10-15-4-3-9-18-15)16-14-7-5-13(6-8-14)12(2)17/h3-9,11,16H,10H2,1-2H3. The summed E-state index contributed by atoms with van der Waals surface area (Å²) in [5.41, 5.74) is 1.75. The number of carbonyl (C=O) groups is 1. The van der Waals surface area contributed by atoms with Crippen LogP contribution in [0.3, 0.4) is 0 Å². The van der Waals surface area contributed by atoms with Crippen LogP contribution in [0, 0.1) is 0 Å². The van der Waals surface area contributed by atoms with E-state index in [2.05, 4.69) is 12.2 Å². The van der Waals surface area contributed by atoms with Crippen molar-refractivity contribution in [2.75, 3.05) is 5.32 Å². The molecule has 0 radical (unpaired) electrons. The number of furan rings is 1. The van der Waals surface area contributed by atoms with Crippen LogP contribution in [0.25, 0.3) is 0 Å². The van der Waals surface area contributed by atoms with Gasteiger partial charge >= 0.3 is 0 Å². The summed E-state index contributed by atoms with van der Waals surface area (Å²) < 4.78 is 5.31. The fraction of sp³-hybridized carbons (Fsp3) is 0.267. The van der Waals surface area contributed by atoms with Crippen molar-refractivity contribution < 1.29 is 9.21 Å². The molecule has 1 atom stereocenters. The minimum atomic E-state index is 0.0881. The van der Waals surface area contributed by atoms with Gasteiger partial charge in [0.2, 0.25) is 0 Å². The molecule has 2 aromatic rings.